The van der Waals surface area contributed by atoms with E-state index in [4.69, 9.17) is 9.47 Å². The monoisotopic (exact) mass is 329 g/mol. The minimum absolute atomic E-state index is 0.0628. The average Bonchev–Trinajstić information content (AvgIpc) is 2.54. The van der Waals surface area contributed by atoms with Crippen molar-refractivity contribution in [1.29, 1.82) is 0 Å². The summed E-state index contributed by atoms with van der Waals surface area (Å²) in [5.41, 5.74) is 1.99. The molecular weight excluding hydrogens is 310 g/mol. The number of nitro groups is 1. The van der Waals surface area contributed by atoms with Crippen LogP contribution in [0, 0.1) is 17.0 Å². The molecule has 0 radical (unpaired) electrons. The third kappa shape index (κ3) is 4.55. The topological polar surface area (TPSA) is 78.7 Å². The number of ether oxygens (including phenoxy) is 2. The number of hydrogen-bond donors (Lipinski definition) is 0. The average molecular weight is 329 g/mol. The van der Waals surface area contributed by atoms with Crippen molar-refractivity contribution in [3.8, 4) is 11.5 Å². The van der Waals surface area contributed by atoms with Crippen LogP contribution in [0.2, 0.25) is 0 Å². The van der Waals surface area contributed by atoms with Crippen LogP contribution < -0.4 is 9.47 Å². The number of esters is 1. The fourth-order valence-electron chi connectivity index (χ4n) is 2.06. The summed E-state index contributed by atoms with van der Waals surface area (Å²) in [6, 6.07) is 11.2. The van der Waals surface area contributed by atoms with Gasteiger partial charge in [0.15, 0.2) is 6.61 Å². The fraction of sp³-hybridized carbons (Fsp3) is 0.278. The molecule has 0 saturated heterocycles. The van der Waals surface area contributed by atoms with Gasteiger partial charge in [0.2, 0.25) is 0 Å². The van der Waals surface area contributed by atoms with Gasteiger partial charge in [0, 0.05) is 12.1 Å². The van der Waals surface area contributed by atoms with Crippen molar-refractivity contribution < 1.29 is 19.2 Å². The molecule has 0 N–H and O–H groups in total. The predicted octanol–water partition coefficient (Wildman–Crippen LogP) is 4.01. The highest BCUT2D eigenvalue weighted by atomic mass is 16.6. The lowest BCUT2D eigenvalue weighted by Crippen LogP contribution is -2.18. The van der Waals surface area contributed by atoms with Crippen LogP contribution >= 0.6 is 0 Å². The number of rotatable bonds is 6. The van der Waals surface area contributed by atoms with Gasteiger partial charge in [-0.25, -0.2) is 4.79 Å². The summed E-state index contributed by atoms with van der Waals surface area (Å²) in [5, 5.41) is 10.6. The summed E-state index contributed by atoms with van der Waals surface area (Å²) in [7, 11) is 0. The smallest absolute Gasteiger partial charge is 0.349 e. The van der Waals surface area contributed by atoms with Gasteiger partial charge in [-0.1, -0.05) is 26.0 Å². The molecule has 0 fully saturated rings. The number of nitro benzene ring substituents is 1. The van der Waals surface area contributed by atoms with Gasteiger partial charge in [0.25, 0.3) is 5.69 Å². The second-order valence-electron chi connectivity index (χ2n) is 5.69. The Morgan fingerprint density at radius 3 is 2.42 bits per heavy atom. The first-order valence-electron chi connectivity index (χ1n) is 7.55. The van der Waals surface area contributed by atoms with E-state index in [1.807, 2.05) is 25.1 Å². The zero-order valence-electron chi connectivity index (χ0n) is 13.8. The van der Waals surface area contributed by atoms with E-state index in [2.05, 4.69) is 13.8 Å². The molecule has 0 aliphatic carbocycles. The molecule has 0 aliphatic heterocycles. The summed E-state index contributed by atoms with van der Waals surface area (Å²) < 4.78 is 10.6. The highest BCUT2D eigenvalue weighted by molar-refractivity contribution is 5.74. The maximum atomic E-state index is 11.9. The number of aryl methyl sites for hydroxylation is 1. The van der Waals surface area contributed by atoms with E-state index in [0.29, 0.717) is 11.7 Å². The molecule has 0 amide bonds. The molecule has 2 aromatic rings. The second-order valence-corrected chi connectivity index (χ2v) is 5.69. The number of benzene rings is 2. The number of non-ortho nitro benzene ring substituents is 1. The third-order valence-electron chi connectivity index (χ3n) is 3.50. The van der Waals surface area contributed by atoms with Crippen LogP contribution in [0.5, 0.6) is 11.5 Å². The Kier molecular flexibility index (Phi) is 5.52. The van der Waals surface area contributed by atoms with Crippen LogP contribution in [0.1, 0.15) is 30.9 Å². The van der Waals surface area contributed by atoms with Gasteiger partial charge in [0.05, 0.1) is 4.92 Å². The lowest BCUT2D eigenvalue weighted by atomic mass is 10.0. The SMILES string of the molecule is Cc1ccc(C(C)C)cc1OCC(=O)Oc1ccc([N+](=O)[O-])cc1. The second kappa shape index (κ2) is 7.59. The normalized spacial score (nSPS) is 10.5. The van der Waals surface area contributed by atoms with Crippen LogP contribution in [-0.2, 0) is 4.79 Å². The zero-order chi connectivity index (χ0) is 17.7. The van der Waals surface area contributed by atoms with Crippen molar-refractivity contribution in [3.05, 3.63) is 63.7 Å². The lowest BCUT2D eigenvalue weighted by molar-refractivity contribution is -0.384. The van der Waals surface area contributed by atoms with Crippen molar-refractivity contribution in [2.24, 2.45) is 0 Å². The Balaban J connectivity index is 1.96. The van der Waals surface area contributed by atoms with E-state index in [1.165, 1.54) is 24.3 Å². The van der Waals surface area contributed by atoms with Crippen LogP contribution in [0.15, 0.2) is 42.5 Å². The number of nitrogens with zero attached hydrogens (tertiary/aromatic N) is 1. The summed E-state index contributed by atoms with van der Waals surface area (Å²) in [6.07, 6.45) is 0. The molecule has 0 aromatic heterocycles. The van der Waals surface area contributed by atoms with E-state index < -0.39 is 10.9 Å². The van der Waals surface area contributed by atoms with Crippen LogP contribution in [0.4, 0.5) is 5.69 Å². The molecule has 0 spiro atoms. The van der Waals surface area contributed by atoms with E-state index in [9.17, 15) is 14.9 Å². The van der Waals surface area contributed by atoms with Gasteiger partial charge in [0.1, 0.15) is 11.5 Å². The van der Waals surface area contributed by atoms with E-state index >= 15 is 0 Å². The Morgan fingerprint density at radius 2 is 1.83 bits per heavy atom. The molecule has 0 bridgehead atoms. The van der Waals surface area contributed by atoms with Crippen molar-refractivity contribution in [2.75, 3.05) is 6.61 Å². The predicted molar refractivity (Wildman–Crippen MR) is 89.5 cm³/mol. The molecule has 0 heterocycles. The van der Waals surface area contributed by atoms with Crippen molar-refractivity contribution in [2.45, 2.75) is 26.7 Å². The highest BCUT2D eigenvalue weighted by Crippen LogP contribution is 2.24. The first-order valence-corrected chi connectivity index (χ1v) is 7.55. The van der Waals surface area contributed by atoms with Gasteiger partial charge >= 0.3 is 5.97 Å². The highest BCUT2D eigenvalue weighted by Gasteiger charge is 2.11. The standard InChI is InChI=1S/C18H19NO5/c1-12(2)14-5-4-13(3)17(10-14)23-11-18(20)24-16-8-6-15(7-9-16)19(21)22/h4-10,12H,11H2,1-3H3. The molecule has 0 unspecified atom stereocenters. The van der Waals surface area contributed by atoms with Gasteiger partial charge in [-0.2, -0.15) is 0 Å². The lowest BCUT2D eigenvalue weighted by Gasteiger charge is -2.12. The maximum absolute atomic E-state index is 11.9. The van der Waals surface area contributed by atoms with Crippen LogP contribution in [0.25, 0.3) is 0 Å². The Hall–Kier alpha value is -2.89. The summed E-state index contributed by atoms with van der Waals surface area (Å²) in [6.45, 7) is 5.83. The quantitative estimate of drug-likeness (QED) is 0.346. The van der Waals surface area contributed by atoms with E-state index in [1.54, 1.807) is 0 Å². The number of carbonyl (C=O) groups is 1. The van der Waals surface area contributed by atoms with Crippen molar-refractivity contribution in [1.82, 2.24) is 0 Å². The Labute approximate surface area is 140 Å². The molecule has 0 saturated carbocycles. The molecule has 0 aliphatic rings. The van der Waals surface area contributed by atoms with Crippen LogP contribution in [-0.4, -0.2) is 17.5 Å². The van der Waals surface area contributed by atoms with Gasteiger partial charge in [-0.15, -0.1) is 0 Å². The summed E-state index contributed by atoms with van der Waals surface area (Å²) >= 11 is 0. The van der Waals surface area contributed by atoms with Crippen molar-refractivity contribution >= 4 is 11.7 Å². The van der Waals surface area contributed by atoms with Gasteiger partial charge in [-0.05, 0) is 42.2 Å². The summed E-state index contributed by atoms with van der Waals surface area (Å²) in [4.78, 5) is 21.9. The Morgan fingerprint density at radius 1 is 1.17 bits per heavy atom. The third-order valence-corrected chi connectivity index (χ3v) is 3.50. The molecule has 2 rings (SSSR count). The number of carbonyl (C=O) groups excluding carboxylic acids is 1. The van der Waals surface area contributed by atoms with E-state index in [0.717, 1.165) is 11.1 Å². The molecule has 24 heavy (non-hydrogen) atoms. The molecule has 0 atom stereocenters. The van der Waals surface area contributed by atoms with Crippen molar-refractivity contribution in [3.63, 3.8) is 0 Å². The Bertz CT molecular complexity index is 738. The first kappa shape index (κ1) is 17.5. The van der Waals surface area contributed by atoms with E-state index in [-0.39, 0.29) is 18.0 Å². The largest absolute Gasteiger partial charge is 0.482 e. The van der Waals surface area contributed by atoms with Gasteiger partial charge in [-0.3, -0.25) is 10.1 Å². The minimum Gasteiger partial charge on any atom is -0.482 e. The molecule has 126 valence electrons. The fourth-order valence-corrected chi connectivity index (χ4v) is 2.06. The zero-order valence-corrected chi connectivity index (χ0v) is 13.8. The van der Waals surface area contributed by atoms with Crippen LogP contribution in [0.3, 0.4) is 0 Å². The molecule has 6 heteroatoms. The minimum atomic E-state index is -0.571. The molecule has 6 nitrogen and oxygen atoms in total. The maximum Gasteiger partial charge on any atom is 0.349 e. The summed E-state index contributed by atoms with van der Waals surface area (Å²) in [5.74, 6) is 0.668. The first-order chi connectivity index (χ1) is 11.4. The number of hydrogen-bond acceptors (Lipinski definition) is 5. The van der Waals surface area contributed by atoms with Gasteiger partial charge < -0.3 is 9.47 Å². The molecule has 2 aromatic carbocycles. The molecular formula is C18H19NO5.